The van der Waals surface area contributed by atoms with Crippen LogP contribution >= 0.6 is 0 Å². The molecule has 12 nitrogen and oxygen atoms in total. The molecule has 0 bridgehead atoms. The van der Waals surface area contributed by atoms with Gasteiger partial charge < -0.3 is 24.2 Å². The molecule has 0 spiro atoms. The molecule has 49 heavy (non-hydrogen) atoms. The summed E-state index contributed by atoms with van der Waals surface area (Å²) in [7, 11) is 0. The lowest BCUT2D eigenvalue weighted by Crippen LogP contribution is -2.64. The van der Waals surface area contributed by atoms with E-state index in [9.17, 15) is 29.3 Å². The maximum absolute atomic E-state index is 14.9. The van der Waals surface area contributed by atoms with Gasteiger partial charge in [-0.25, -0.2) is 9.59 Å². The molecule has 3 atom stereocenters. The number of non-ortho nitro benzene ring substituents is 1. The number of hydrogen-bond donors (Lipinski definition) is 0. The highest BCUT2D eigenvalue weighted by atomic mass is 16.6. The molecule has 2 saturated heterocycles. The summed E-state index contributed by atoms with van der Waals surface area (Å²) in [6.45, 7) is 7.21. The van der Waals surface area contributed by atoms with Gasteiger partial charge in [0.2, 0.25) is 11.4 Å². The lowest BCUT2D eigenvalue weighted by Gasteiger charge is -2.43. The van der Waals surface area contributed by atoms with Gasteiger partial charge in [0.25, 0.3) is 11.6 Å². The first kappa shape index (κ1) is 35.1. The fraction of sp³-hybridized carbons (Fsp3) is 0.405. The molecule has 2 fully saturated rings. The van der Waals surface area contributed by atoms with Crippen molar-refractivity contribution >= 4 is 40.8 Å². The molecule has 3 aromatic carbocycles. The Labute approximate surface area is 285 Å². The van der Waals surface area contributed by atoms with Crippen LogP contribution in [0.2, 0.25) is 0 Å². The van der Waals surface area contributed by atoms with Crippen molar-refractivity contribution in [3.63, 3.8) is 0 Å². The molecule has 12 heteroatoms. The first-order valence-corrected chi connectivity index (χ1v) is 16.5. The second-order valence-corrected chi connectivity index (χ2v) is 13.5. The van der Waals surface area contributed by atoms with Gasteiger partial charge in [-0.05, 0) is 95.3 Å². The number of rotatable bonds is 10. The van der Waals surface area contributed by atoms with E-state index in [0.29, 0.717) is 49.2 Å². The Balaban J connectivity index is 1.42. The van der Waals surface area contributed by atoms with E-state index in [4.69, 9.17) is 9.47 Å². The second kappa shape index (κ2) is 14.5. The highest BCUT2D eigenvalue weighted by molar-refractivity contribution is 6.13. The highest BCUT2D eigenvalue weighted by Gasteiger charge is 2.55. The van der Waals surface area contributed by atoms with Crippen molar-refractivity contribution in [1.29, 1.82) is 0 Å². The number of amides is 2. The van der Waals surface area contributed by atoms with Gasteiger partial charge in [-0.2, -0.15) is 0 Å². The first-order chi connectivity index (χ1) is 23.3. The molecule has 0 N–H and O–H groups in total. The maximum atomic E-state index is 14.9. The third kappa shape index (κ3) is 7.58. The Morgan fingerprint density at radius 1 is 0.796 bits per heavy atom. The van der Waals surface area contributed by atoms with E-state index in [1.165, 1.54) is 41.0 Å². The average Bonchev–Trinajstić information content (AvgIpc) is 3.78. The van der Waals surface area contributed by atoms with Crippen LogP contribution in [0, 0.1) is 10.1 Å². The number of para-hydroxylation sites is 2. The summed E-state index contributed by atoms with van der Waals surface area (Å²) in [4.78, 5) is 71.7. The minimum atomic E-state index is -1.91. The van der Waals surface area contributed by atoms with E-state index in [-0.39, 0.29) is 24.7 Å². The van der Waals surface area contributed by atoms with Gasteiger partial charge in [-0.3, -0.25) is 19.7 Å². The molecule has 0 aromatic heterocycles. The zero-order valence-electron chi connectivity index (χ0n) is 28.2. The zero-order valence-corrected chi connectivity index (χ0v) is 28.2. The van der Waals surface area contributed by atoms with E-state index >= 15 is 0 Å². The Kier molecular flexibility index (Phi) is 10.4. The van der Waals surface area contributed by atoms with E-state index in [1.54, 1.807) is 25.7 Å². The Bertz CT molecular complexity index is 1640. The van der Waals surface area contributed by atoms with E-state index in [0.717, 1.165) is 0 Å². The third-order valence-electron chi connectivity index (χ3n) is 8.82. The summed E-state index contributed by atoms with van der Waals surface area (Å²) in [5, 5.41) is 11.0. The second-order valence-electron chi connectivity index (χ2n) is 13.5. The number of nitrogens with zero attached hydrogens (tertiary/aromatic N) is 4. The average molecular weight is 671 g/mol. The number of ether oxygens (including phenoxy) is 2. The van der Waals surface area contributed by atoms with Crippen LogP contribution in [0.15, 0.2) is 84.9 Å². The van der Waals surface area contributed by atoms with Crippen LogP contribution in [0.1, 0.15) is 58.9 Å². The maximum Gasteiger partial charge on any atom is 0.342 e. The van der Waals surface area contributed by atoms with Crippen LogP contribution in [0.5, 0.6) is 0 Å². The summed E-state index contributed by atoms with van der Waals surface area (Å²) in [5.74, 6) is -2.30. The van der Waals surface area contributed by atoms with Crippen molar-refractivity contribution < 1.29 is 33.6 Å². The number of benzene rings is 3. The van der Waals surface area contributed by atoms with Crippen molar-refractivity contribution in [3.8, 4) is 0 Å². The van der Waals surface area contributed by atoms with Crippen LogP contribution in [0.25, 0.3) is 0 Å². The largest absolute Gasteiger partial charge is 0.459 e. The van der Waals surface area contributed by atoms with Crippen LogP contribution in [0.4, 0.5) is 17.1 Å². The molecule has 0 unspecified atom stereocenters. The Morgan fingerprint density at radius 2 is 1.33 bits per heavy atom. The van der Waals surface area contributed by atoms with Gasteiger partial charge in [0, 0.05) is 36.6 Å². The Morgan fingerprint density at radius 3 is 1.86 bits per heavy atom. The molecule has 2 aliphatic rings. The molecular formula is C37H42N4O8. The molecule has 3 aromatic rings. The summed E-state index contributed by atoms with van der Waals surface area (Å²) < 4.78 is 11.5. The monoisotopic (exact) mass is 670 g/mol. The summed E-state index contributed by atoms with van der Waals surface area (Å²) in [5.41, 5.74) is -1.13. The van der Waals surface area contributed by atoms with Gasteiger partial charge in [0.05, 0.1) is 4.92 Å². The lowest BCUT2D eigenvalue weighted by atomic mass is 9.94. The number of hydrogen-bond acceptors (Lipinski definition) is 9. The molecule has 0 saturated carbocycles. The molecule has 0 aliphatic carbocycles. The standard InChI is InChI=1S/C37H42N4O8/c1-36(2,3)49-35(45)37(4,40(27-13-7-5-8-14-27)28-15-9-6-10-16-28)34(44)39-24-11-17-30(39)32(42)38-23-12-18-31(38)33(43)48-25-26-19-21-29(22-20-26)41(46)47/h5-10,13-16,19-22,30-31H,11-12,17-18,23-25H2,1-4H3/t30-,31-,37-/m0/s1. The van der Waals surface area contributed by atoms with Crippen LogP contribution < -0.4 is 4.90 Å². The first-order valence-electron chi connectivity index (χ1n) is 16.5. The SMILES string of the molecule is CC(C)(C)OC(=O)[C@](C)(C(=O)N1CCC[C@H]1C(=O)N1CCC[C@H]1C(=O)OCc1ccc([N+](=O)[O-])cc1)N(c1ccccc1)c1ccccc1. The summed E-state index contributed by atoms with van der Waals surface area (Å²) >= 11 is 0. The van der Waals surface area contributed by atoms with Gasteiger partial charge in [-0.15, -0.1) is 0 Å². The number of carbonyl (C=O) groups is 4. The molecule has 2 aliphatic heterocycles. The minimum absolute atomic E-state index is 0.0725. The smallest absolute Gasteiger partial charge is 0.342 e. The van der Waals surface area contributed by atoms with Crippen LogP contribution in [-0.4, -0.2) is 74.8 Å². The van der Waals surface area contributed by atoms with E-state index in [1.807, 2.05) is 60.7 Å². The molecule has 5 rings (SSSR count). The van der Waals surface area contributed by atoms with E-state index in [2.05, 4.69) is 0 Å². The van der Waals surface area contributed by atoms with E-state index < -0.39 is 46.0 Å². The van der Waals surface area contributed by atoms with Crippen molar-refractivity contribution in [1.82, 2.24) is 9.80 Å². The van der Waals surface area contributed by atoms with Crippen LogP contribution in [-0.2, 0) is 35.3 Å². The van der Waals surface area contributed by atoms with Gasteiger partial charge in [0.15, 0.2) is 0 Å². The Hall–Kier alpha value is -5.26. The lowest BCUT2D eigenvalue weighted by molar-refractivity contribution is -0.384. The fourth-order valence-corrected chi connectivity index (χ4v) is 6.45. The zero-order chi connectivity index (χ0) is 35.3. The summed E-state index contributed by atoms with van der Waals surface area (Å²) in [6.07, 6.45) is 1.88. The number of esters is 2. The van der Waals surface area contributed by atoms with Crippen molar-refractivity contribution in [2.45, 2.75) is 83.2 Å². The predicted octanol–water partition coefficient (Wildman–Crippen LogP) is 5.56. The number of carbonyl (C=O) groups excluding carboxylic acids is 4. The van der Waals surface area contributed by atoms with Crippen LogP contribution in [0.3, 0.4) is 0 Å². The normalized spacial score (nSPS) is 18.8. The number of nitro groups is 1. The van der Waals surface area contributed by atoms with Gasteiger partial charge in [-0.1, -0.05) is 36.4 Å². The van der Waals surface area contributed by atoms with Gasteiger partial charge in [0.1, 0.15) is 24.3 Å². The van der Waals surface area contributed by atoms with Crippen molar-refractivity contribution in [2.24, 2.45) is 0 Å². The molecule has 2 heterocycles. The number of nitro benzene ring substituents is 1. The predicted molar refractivity (Wildman–Crippen MR) is 182 cm³/mol. The molecule has 2 amide bonds. The third-order valence-corrected chi connectivity index (χ3v) is 8.82. The molecular weight excluding hydrogens is 628 g/mol. The number of anilines is 2. The molecule has 258 valence electrons. The quantitative estimate of drug-likeness (QED) is 0.117. The minimum Gasteiger partial charge on any atom is -0.459 e. The molecule has 0 radical (unpaired) electrons. The highest BCUT2D eigenvalue weighted by Crippen LogP contribution is 2.38. The fourth-order valence-electron chi connectivity index (χ4n) is 6.45. The van der Waals surface area contributed by atoms with Crippen molar-refractivity contribution in [3.05, 3.63) is 101 Å². The van der Waals surface area contributed by atoms with Gasteiger partial charge >= 0.3 is 11.9 Å². The summed E-state index contributed by atoms with van der Waals surface area (Å²) in [6, 6.07) is 22.2. The topological polar surface area (TPSA) is 140 Å². The number of likely N-dealkylation sites (tertiary alicyclic amines) is 2. The van der Waals surface area contributed by atoms with Crippen molar-refractivity contribution in [2.75, 3.05) is 18.0 Å².